The number of pyridine rings is 1. The third kappa shape index (κ3) is 10.3. The molecule has 5 N–H and O–H groups in total. The maximum Gasteiger partial charge on any atom is 0.347 e. The molecule has 0 saturated carbocycles. The Labute approximate surface area is 386 Å². The summed E-state index contributed by atoms with van der Waals surface area (Å²) >= 11 is 1.47. The highest BCUT2D eigenvalue weighted by atomic mass is 32.1. The molecule has 13 heteroatoms. The fourth-order valence-electron chi connectivity index (χ4n) is 8.64. The topological polar surface area (TPSA) is 161 Å². The van der Waals surface area contributed by atoms with E-state index in [2.05, 4.69) is 27.3 Å². The van der Waals surface area contributed by atoms with Gasteiger partial charge in [0.2, 0.25) is 11.2 Å². The van der Waals surface area contributed by atoms with Crippen LogP contribution in [0.4, 0.5) is 4.39 Å². The minimum Gasteiger partial charge on any atom is -0.506 e. The van der Waals surface area contributed by atoms with Crippen LogP contribution in [-0.2, 0) is 34.6 Å². The second kappa shape index (κ2) is 20.8. The number of carbonyl (C=O) groups excluding carboxylic acids is 2. The Bertz CT molecular complexity index is 2860. The van der Waals surface area contributed by atoms with Crippen LogP contribution in [0.1, 0.15) is 68.4 Å². The summed E-state index contributed by atoms with van der Waals surface area (Å²) < 4.78 is 27.2. The largest absolute Gasteiger partial charge is 0.506 e. The van der Waals surface area contributed by atoms with Gasteiger partial charge in [-0.3, -0.25) is 14.5 Å². The highest BCUT2D eigenvalue weighted by Crippen LogP contribution is 2.37. The number of halogens is 1. The van der Waals surface area contributed by atoms with Crippen LogP contribution in [-0.4, -0.2) is 70.3 Å². The minimum atomic E-state index is -2.05. The van der Waals surface area contributed by atoms with E-state index >= 15 is 4.39 Å². The molecule has 5 aromatic carbocycles. The SMILES string of the molecule is COc1c(CNC[C@H](O)c2ccc(O)c3[nH]c(=O)ccc23)ccc(C(=O)CCc2ccc(-c3cccc([C@](O)(C(=O)OCC4CCN(Cc5ccccc5)CC4)c4ccccc4)c3)s2)c1F. The van der Waals surface area contributed by atoms with Gasteiger partial charge in [-0.1, -0.05) is 91.0 Å². The number of carbonyl (C=O) groups is 2. The Morgan fingerprint density at radius 2 is 1.65 bits per heavy atom. The predicted octanol–water partition coefficient (Wildman–Crippen LogP) is 8.44. The number of rotatable bonds is 18. The second-order valence-electron chi connectivity index (χ2n) is 16.7. The highest BCUT2D eigenvalue weighted by Gasteiger charge is 2.42. The van der Waals surface area contributed by atoms with E-state index in [0.29, 0.717) is 34.1 Å². The molecule has 0 amide bonds. The molecular weight excluding hydrogens is 858 g/mol. The van der Waals surface area contributed by atoms with Crippen LogP contribution in [0.5, 0.6) is 11.5 Å². The summed E-state index contributed by atoms with van der Waals surface area (Å²) in [5.41, 5.74) is 1.47. The fraction of sp³-hybridized carbons (Fsp3) is 0.264. The van der Waals surface area contributed by atoms with Gasteiger partial charge in [0.05, 0.1) is 30.9 Å². The average Bonchev–Trinajstić information content (AvgIpc) is 3.83. The van der Waals surface area contributed by atoms with Gasteiger partial charge >= 0.3 is 5.97 Å². The Kier molecular flexibility index (Phi) is 14.5. The summed E-state index contributed by atoms with van der Waals surface area (Å²) in [6.07, 6.45) is 1.16. The molecule has 66 heavy (non-hydrogen) atoms. The number of methoxy groups -OCH3 is 1. The molecular formula is C53H52FN3O8S. The normalized spacial score (nSPS) is 14.7. The quantitative estimate of drug-likeness (QED) is 0.0418. The van der Waals surface area contributed by atoms with E-state index in [0.717, 1.165) is 47.8 Å². The number of ether oxygens (including phenoxy) is 2. The molecule has 3 heterocycles. The molecule has 0 radical (unpaired) electrons. The maximum atomic E-state index is 15.8. The summed E-state index contributed by atoms with van der Waals surface area (Å²) in [4.78, 5) is 46.0. The van der Waals surface area contributed by atoms with Crippen molar-refractivity contribution in [3.8, 4) is 21.9 Å². The van der Waals surface area contributed by atoms with Crippen molar-refractivity contribution < 1.29 is 38.8 Å². The molecule has 1 aliphatic heterocycles. The van der Waals surface area contributed by atoms with Gasteiger partial charge in [-0.25, -0.2) is 9.18 Å². The lowest BCUT2D eigenvalue weighted by atomic mass is 9.85. The number of phenolic OH excluding ortho intramolecular Hbond substituents is 1. The number of aromatic hydroxyl groups is 1. The number of fused-ring (bicyclic) bond motifs is 1. The number of aryl methyl sites for hydroxylation is 1. The predicted molar refractivity (Wildman–Crippen MR) is 253 cm³/mol. The lowest BCUT2D eigenvalue weighted by molar-refractivity contribution is -0.164. The van der Waals surface area contributed by atoms with Gasteiger partial charge in [0, 0.05) is 58.4 Å². The number of Topliss-reactive ketones (excluding diaryl/α,β-unsaturated/α-hetero) is 1. The number of likely N-dealkylation sites (tertiary alicyclic amines) is 1. The molecule has 2 aromatic heterocycles. The Morgan fingerprint density at radius 1 is 0.909 bits per heavy atom. The number of nitrogens with one attached hydrogen (secondary N) is 2. The summed E-state index contributed by atoms with van der Waals surface area (Å²) in [5.74, 6) is -1.89. The first-order valence-electron chi connectivity index (χ1n) is 22.0. The number of hydrogen-bond acceptors (Lipinski definition) is 11. The zero-order chi connectivity index (χ0) is 46.2. The van der Waals surface area contributed by atoms with Crippen LogP contribution in [0.2, 0.25) is 0 Å². The Hall–Kier alpha value is -6.48. The molecule has 0 spiro atoms. The maximum absolute atomic E-state index is 15.8. The lowest BCUT2D eigenvalue weighted by Crippen LogP contribution is -2.40. The summed E-state index contributed by atoms with van der Waals surface area (Å²) in [6, 6.07) is 39.2. The van der Waals surface area contributed by atoms with Crippen LogP contribution >= 0.6 is 11.3 Å². The third-order valence-corrected chi connectivity index (χ3v) is 13.5. The van der Waals surface area contributed by atoms with Gasteiger partial charge in [-0.05, 0) is 96.9 Å². The van der Waals surface area contributed by atoms with Gasteiger partial charge < -0.3 is 35.1 Å². The van der Waals surface area contributed by atoms with Crippen LogP contribution < -0.4 is 15.6 Å². The van der Waals surface area contributed by atoms with E-state index in [1.165, 1.54) is 48.3 Å². The molecule has 11 nitrogen and oxygen atoms in total. The van der Waals surface area contributed by atoms with Crippen LogP contribution in [0.3, 0.4) is 0 Å². The number of phenols is 1. The molecule has 0 aliphatic carbocycles. The first-order valence-corrected chi connectivity index (χ1v) is 22.9. The highest BCUT2D eigenvalue weighted by molar-refractivity contribution is 7.15. The van der Waals surface area contributed by atoms with E-state index in [9.17, 15) is 29.7 Å². The van der Waals surface area contributed by atoms with Crippen LogP contribution in [0, 0.1) is 11.7 Å². The number of thiophene rings is 1. The minimum absolute atomic E-state index is 0.0430. The summed E-state index contributed by atoms with van der Waals surface area (Å²) in [5, 5.41) is 37.1. The first-order chi connectivity index (χ1) is 32.0. The summed E-state index contributed by atoms with van der Waals surface area (Å²) in [6.45, 7) is 3.10. The van der Waals surface area contributed by atoms with E-state index in [1.54, 1.807) is 54.6 Å². The molecule has 1 aliphatic rings. The number of aliphatic hydroxyl groups excluding tert-OH is 1. The first kappa shape index (κ1) is 46.1. The van der Waals surface area contributed by atoms with Gasteiger partial charge in [-0.2, -0.15) is 0 Å². The average molecular weight is 910 g/mol. The molecule has 1 saturated heterocycles. The molecule has 0 unspecified atom stereocenters. The van der Waals surface area contributed by atoms with E-state index in [4.69, 9.17) is 9.47 Å². The number of ketones is 1. The Balaban J connectivity index is 0.885. The number of esters is 1. The van der Waals surface area contributed by atoms with Crippen molar-refractivity contribution in [3.63, 3.8) is 0 Å². The van der Waals surface area contributed by atoms with Gasteiger partial charge in [-0.15, -0.1) is 11.3 Å². The van der Waals surface area contributed by atoms with Gasteiger partial charge in [0.25, 0.3) is 0 Å². The molecule has 1 fully saturated rings. The number of aromatic amines is 1. The van der Waals surface area contributed by atoms with Crippen molar-refractivity contribution in [1.29, 1.82) is 0 Å². The van der Waals surface area contributed by atoms with Gasteiger partial charge in [0.1, 0.15) is 5.75 Å². The number of piperidine rings is 1. The second-order valence-corrected chi connectivity index (χ2v) is 17.9. The summed E-state index contributed by atoms with van der Waals surface area (Å²) in [7, 11) is 1.33. The monoisotopic (exact) mass is 909 g/mol. The van der Waals surface area contributed by atoms with E-state index in [-0.39, 0.29) is 66.0 Å². The Morgan fingerprint density at radius 3 is 2.41 bits per heavy atom. The number of hydrogen-bond donors (Lipinski definition) is 5. The molecule has 340 valence electrons. The van der Waals surface area contributed by atoms with Crippen molar-refractivity contribution in [2.24, 2.45) is 5.92 Å². The number of H-pyrrole nitrogens is 1. The number of nitrogens with zero attached hydrogens (tertiary/aromatic N) is 1. The number of benzene rings is 5. The smallest absolute Gasteiger partial charge is 0.347 e. The standard InChI is InChI=1S/C53H52FN3O8S/c1-64-51-37(30-55-31-46(60)41-19-22-45(59)50-42(41)20-24-48(61)56-50)15-18-43(49(51)54)44(58)21-16-40-17-23-47(66-40)36-11-8-14-39(29-36)53(63,38-12-6-3-7-13-38)52(62)65-33-35-25-27-57(28-26-35)32-34-9-4-2-5-10-34/h2-15,17-20,22-24,29,35,46,55,59-60,63H,16,21,25-28,30-33H2,1H3,(H,56,61)/t46-,53-/m0/s1. The van der Waals surface area contributed by atoms with Crippen molar-refractivity contribution in [3.05, 3.63) is 188 Å². The van der Waals surface area contributed by atoms with E-state index < -0.39 is 23.5 Å². The van der Waals surface area contributed by atoms with E-state index in [1.807, 2.05) is 42.5 Å². The van der Waals surface area contributed by atoms with Crippen molar-refractivity contribution in [1.82, 2.24) is 15.2 Å². The van der Waals surface area contributed by atoms with Crippen molar-refractivity contribution >= 4 is 34.0 Å². The lowest BCUT2D eigenvalue weighted by Gasteiger charge is -2.33. The third-order valence-electron chi connectivity index (χ3n) is 12.3. The van der Waals surface area contributed by atoms with Gasteiger partial charge in [0.15, 0.2) is 17.3 Å². The van der Waals surface area contributed by atoms with Crippen LogP contribution in [0.15, 0.2) is 138 Å². The fourth-order valence-corrected chi connectivity index (χ4v) is 9.65. The molecule has 7 aromatic rings. The molecule has 8 rings (SSSR count). The number of aliphatic hydroxyl groups is 2. The zero-order valence-corrected chi connectivity index (χ0v) is 37.4. The zero-order valence-electron chi connectivity index (χ0n) is 36.5. The number of aromatic nitrogens is 1. The molecule has 2 atom stereocenters. The van der Waals surface area contributed by atoms with Crippen LogP contribution in [0.25, 0.3) is 21.3 Å². The van der Waals surface area contributed by atoms with Crippen molar-refractivity contribution in [2.45, 2.75) is 50.5 Å². The van der Waals surface area contributed by atoms with Crippen molar-refractivity contribution in [2.75, 3.05) is 33.4 Å². The molecule has 0 bridgehead atoms.